The van der Waals surface area contributed by atoms with E-state index >= 15 is 0 Å². The predicted molar refractivity (Wildman–Crippen MR) is 89.7 cm³/mol. The second kappa shape index (κ2) is 7.40. The van der Waals surface area contributed by atoms with Crippen molar-refractivity contribution in [2.75, 3.05) is 7.05 Å². The number of nitrogens with zero attached hydrogens (tertiary/aromatic N) is 4. The average Bonchev–Trinajstić information content (AvgIpc) is 2.58. The van der Waals surface area contributed by atoms with Crippen LogP contribution in [-0.4, -0.2) is 27.3 Å². The summed E-state index contributed by atoms with van der Waals surface area (Å²) in [7, 11) is 1.58. The molecule has 0 aliphatic heterocycles. The lowest BCUT2D eigenvalue weighted by Crippen LogP contribution is -2.34. The molecule has 0 spiro atoms. The van der Waals surface area contributed by atoms with Gasteiger partial charge in [0.1, 0.15) is 18.2 Å². The van der Waals surface area contributed by atoms with E-state index < -0.39 is 22.1 Å². The zero-order chi connectivity index (χ0) is 18.6. The second-order valence-corrected chi connectivity index (χ2v) is 5.65. The minimum atomic E-state index is -0.731. The Labute approximate surface area is 143 Å². The van der Waals surface area contributed by atoms with Gasteiger partial charge in [0.15, 0.2) is 0 Å². The molecule has 25 heavy (non-hydrogen) atoms. The lowest BCUT2D eigenvalue weighted by Gasteiger charge is -2.18. The fourth-order valence-corrected chi connectivity index (χ4v) is 2.24. The summed E-state index contributed by atoms with van der Waals surface area (Å²) in [5.74, 6) is -0.396. The van der Waals surface area contributed by atoms with Crippen molar-refractivity contribution >= 4 is 11.6 Å². The van der Waals surface area contributed by atoms with E-state index in [4.69, 9.17) is 5.26 Å². The summed E-state index contributed by atoms with van der Waals surface area (Å²) in [6, 6.07) is 10.2. The molecular formula is C17H16N4O4. The largest absolute Gasteiger partial charge is 0.340 e. The molecule has 0 N–H and O–H groups in total. The Morgan fingerprint density at radius 2 is 2.00 bits per heavy atom. The van der Waals surface area contributed by atoms with Crippen LogP contribution in [0.25, 0.3) is 0 Å². The Bertz CT molecular complexity index is 910. The number of hydrogen-bond acceptors (Lipinski definition) is 5. The molecule has 128 valence electrons. The van der Waals surface area contributed by atoms with Crippen molar-refractivity contribution < 1.29 is 9.72 Å². The number of carbonyl (C=O) groups is 1. The summed E-state index contributed by atoms with van der Waals surface area (Å²) in [6.45, 7) is 1.92. The Morgan fingerprint density at radius 1 is 1.36 bits per heavy atom. The van der Waals surface area contributed by atoms with Crippen LogP contribution in [0.4, 0.5) is 5.69 Å². The highest BCUT2D eigenvalue weighted by Crippen LogP contribution is 2.11. The molecule has 0 unspecified atom stereocenters. The van der Waals surface area contributed by atoms with Gasteiger partial charge in [0, 0.05) is 19.7 Å². The predicted octanol–water partition coefficient (Wildman–Crippen LogP) is 1.60. The minimum absolute atomic E-state index is 0.341. The minimum Gasteiger partial charge on any atom is -0.340 e. The maximum Gasteiger partial charge on any atom is 0.287 e. The van der Waals surface area contributed by atoms with Gasteiger partial charge in [-0.15, -0.1) is 0 Å². The smallest absolute Gasteiger partial charge is 0.287 e. The van der Waals surface area contributed by atoms with Crippen molar-refractivity contribution in [2.45, 2.75) is 20.0 Å². The van der Waals surface area contributed by atoms with Gasteiger partial charge < -0.3 is 4.90 Å². The Kier molecular flexibility index (Phi) is 5.29. The molecule has 2 aromatic rings. The third-order valence-electron chi connectivity index (χ3n) is 3.67. The van der Waals surface area contributed by atoms with Gasteiger partial charge in [-0.05, 0) is 12.5 Å². The molecule has 0 saturated carbocycles. The van der Waals surface area contributed by atoms with Crippen molar-refractivity contribution in [3.05, 3.63) is 73.7 Å². The molecule has 0 saturated heterocycles. The third kappa shape index (κ3) is 4.29. The first-order chi connectivity index (χ1) is 11.8. The molecule has 0 aliphatic carbocycles. The van der Waals surface area contributed by atoms with E-state index in [2.05, 4.69) is 0 Å². The second-order valence-electron chi connectivity index (χ2n) is 5.65. The van der Waals surface area contributed by atoms with Gasteiger partial charge in [-0.3, -0.25) is 24.3 Å². The van der Waals surface area contributed by atoms with E-state index in [9.17, 15) is 19.7 Å². The van der Waals surface area contributed by atoms with Crippen molar-refractivity contribution in [1.82, 2.24) is 9.47 Å². The van der Waals surface area contributed by atoms with E-state index in [1.807, 2.05) is 31.2 Å². The van der Waals surface area contributed by atoms with Crippen molar-refractivity contribution in [1.29, 1.82) is 5.26 Å². The average molecular weight is 340 g/mol. The molecule has 0 fully saturated rings. The van der Waals surface area contributed by atoms with Gasteiger partial charge >= 0.3 is 0 Å². The summed E-state index contributed by atoms with van der Waals surface area (Å²) >= 11 is 0. The van der Waals surface area contributed by atoms with Gasteiger partial charge in [-0.1, -0.05) is 29.8 Å². The summed E-state index contributed by atoms with van der Waals surface area (Å²) in [4.78, 5) is 36.0. The zero-order valence-electron chi connectivity index (χ0n) is 13.8. The summed E-state index contributed by atoms with van der Waals surface area (Å²) in [5, 5.41) is 19.8. The van der Waals surface area contributed by atoms with Gasteiger partial charge in [0.2, 0.25) is 5.91 Å². The quantitative estimate of drug-likeness (QED) is 0.606. The maximum atomic E-state index is 12.3. The summed E-state index contributed by atoms with van der Waals surface area (Å²) < 4.78 is 0.894. The Hall–Kier alpha value is -3.47. The van der Waals surface area contributed by atoms with Crippen LogP contribution in [0.2, 0.25) is 0 Å². The molecule has 1 amide bonds. The van der Waals surface area contributed by atoms with Crippen molar-refractivity contribution in [2.24, 2.45) is 0 Å². The fourth-order valence-electron chi connectivity index (χ4n) is 2.24. The molecule has 0 radical (unpaired) electrons. The first-order valence-electron chi connectivity index (χ1n) is 7.40. The summed E-state index contributed by atoms with van der Waals surface area (Å²) in [5.41, 5.74) is 0.508. The van der Waals surface area contributed by atoms with Crippen LogP contribution in [-0.2, 0) is 17.9 Å². The first-order valence-corrected chi connectivity index (χ1v) is 7.40. The molecule has 8 heteroatoms. The van der Waals surface area contributed by atoms with Crippen molar-refractivity contribution in [3.8, 4) is 6.07 Å². The fraction of sp³-hybridized carbons (Fsp3) is 0.235. The normalized spacial score (nSPS) is 10.1. The number of pyridine rings is 1. The number of amides is 1. The van der Waals surface area contributed by atoms with Gasteiger partial charge in [0.05, 0.1) is 11.1 Å². The van der Waals surface area contributed by atoms with Crippen LogP contribution in [0.15, 0.2) is 41.3 Å². The standard InChI is InChI=1S/C17H16N4O4/c1-12-3-5-13(6-4-12)9-19(2)16(22)11-20-10-15(21(24)25)7-14(8-18)17(20)23/h3-7,10H,9,11H2,1-2H3. The van der Waals surface area contributed by atoms with E-state index in [-0.39, 0.29) is 12.1 Å². The lowest BCUT2D eigenvalue weighted by atomic mass is 10.1. The van der Waals surface area contributed by atoms with Gasteiger partial charge in [-0.25, -0.2) is 0 Å². The molecule has 2 rings (SSSR count). The molecule has 8 nitrogen and oxygen atoms in total. The van der Waals surface area contributed by atoms with E-state index in [1.165, 1.54) is 4.90 Å². The Balaban J connectivity index is 2.20. The Morgan fingerprint density at radius 3 is 2.56 bits per heavy atom. The first kappa shape index (κ1) is 17.9. The number of aryl methyl sites for hydroxylation is 1. The highest BCUT2D eigenvalue weighted by molar-refractivity contribution is 5.75. The van der Waals surface area contributed by atoms with Crippen LogP contribution in [0, 0.1) is 28.4 Å². The molecule has 1 aromatic carbocycles. The zero-order valence-corrected chi connectivity index (χ0v) is 13.8. The molecule has 1 aromatic heterocycles. The van der Waals surface area contributed by atoms with Crippen molar-refractivity contribution in [3.63, 3.8) is 0 Å². The lowest BCUT2D eigenvalue weighted by molar-refractivity contribution is -0.385. The van der Waals surface area contributed by atoms with Crippen LogP contribution in [0.5, 0.6) is 0 Å². The number of rotatable bonds is 5. The number of hydrogen-bond donors (Lipinski definition) is 0. The number of carbonyl (C=O) groups excluding carboxylic acids is 1. The molecule has 0 atom stereocenters. The number of nitro groups is 1. The van der Waals surface area contributed by atoms with E-state index in [1.54, 1.807) is 13.1 Å². The molecule has 1 heterocycles. The van der Waals surface area contributed by atoms with Gasteiger partial charge in [-0.2, -0.15) is 5.26 Å². The van der Waals surface area contributed by atoms with Gasteiger partial charge in [0.25, 0.3) is 11.2 Å². The van der Waals surface area contributed by atoms with E-state index in [0.717, 1.165) is 28.0 Å². The third-order valence-corrected chi connectivity index (χ3v) is 3.67. The molecule has 0 bridgehead atoms. The van der Waals surface area contributed by atoms with Crippen LogP contribution < -0.4 is 5.56 Å². The number of aromatic nitrogens is 1. The maximum absolute atomic E-state index is 12.3. The topological polar surface area (TPSA) is 109 Å². The highest BCUT2D eigenvalue weighted by Gasteiger charge is 2.17. The molecular weight excluding hydrogens is 324 g/mol. The summed E-state index contributed by atoms with van der Waals surface area (Å²) in [6.07, 6.45) is 0.973. The monoisotopic (exact) mass is 340 g/mol. The van der Waals surface area contributed by atoms with Crippen LogP contribution in [0.1, 0.15) is 16.7 Å². The van der Waals surface area contributed by atoms with Crippen LogP contribution in [0.3, 0.4) is 0 Å². The number of benzene rings is 1. The molecule has 0 aliphatic rings. The van der Waals surface area contributed by atoms with E-state index in [0.29, 0.717) is 6.54 Å². The van der Waals surface area contributed by atoms with Crippen LogP contribution >= 0.6 is 0 Å². The number of nitriles is 1. The SMILES string of the molecule is Cc1ccc(CN(C)C(=O)Cn2cc([N+](=O)[O-])cc(C#N)c2=O)cc1. The highest BCUT2D eigenvalue weighted by atomic mass is 16.6. The number of likely N-dealkylation sites (N-methyl/N-ethyl adjacent to an activating group) is 1.